The molecule has 1 saturated heterocycles. The molecule has 2 rings (SSSR count). The number of aliphatic hydroxyl groups excluding tert-OH is 1. The van der Waals surface area contributed by atoms with E-state index in [0.717, 1.165) is 12.8 Å². The van der Waals surface area contributed by atoms with E-state index in [1.165, 1.54) is 6.07 Å². The molecular weight excluding hydrogens is 287 g/mol. The van der Waals surface area contributed by atoms with Gasteiger partial charge in [0.2, 0.25) is 0 Å². The summed E-state index contributed by atoms with van der Waals surface area (Å²) in [4.78, 5) is 17.8. The lowest BCUT2D eigenvalue weighted by Crippen LogP contribution is -2.46. The second-order valence-corrected chi connectivity index (χ2v) is 5.63. The molecule has 0 spiro atoms. The topological polar surface area (TPSA) is 77.5 Å². The van der Waals surface area contributed by atoms with Gasteiger partial charge >= 0.3 is 6.03 Å². The van der Waals surface area contributed by atoms with E-state index in [2.05, 4.69) is 15.6 Å². The second-order valence-electron chi connectivity index (χ2n) is 5.63. The Hall–Kier alpha value is -1.89. The summed E-state index contributed by atoms with van der Waals surface area (Å²) in [6.07, 6.45) is 3.72. The molecule has 1 aliphatic rings. The van der Waals surface area contributed by atoms with Gasteiger partial charge < -0.3 is 20.6 Å². The zero-order chi connectivity index (χ0) is 15.9. The van der Waals surface area contributed by atoms with E-state index in [-0.39, 0.29) is 30.5 Å². The third-order valence-corrected chi connectivity index (χ3v) is 3.73. The van der Waals surface area contributed by atoms with Crippen molar-refractivity contribution in [2.24, 2.45) is 0 Å². The van der Waals surface area contributed by atoms with Crippen LogP contribution in [-0.4, -0.2) is 47.9 Å². The number of aliphatic hydroxyl groups is 1. The summed E-state index contributed by atoms with van der Waals surface area (Å²) in [5, 5.41) is 14.5. The van der Waals surface area contributed by atoms with E-state index >= 15 is 0 Å². The van der Waals surface area contributed by atoms with Crippen LogP contribution in [0.15, 0.2) is 18.3 Å². The van der Waals surface area contributed by atoms with Crippen LogP contribution in [0.2, 0.25) is 0 Å². The molecule has 0 aliphatic carbocycles. The molecule has 2 heterocycles. The number of nitrogens with one attached hydrogen (secondary N) is 2. The van der Waals surface area contributed by atoms with Crippen LogP contribution in [0, 0.1) is 5.82 Å². The smallest absolute Gasteiger partial charge is 0.315 e. The van der Waals surface area contributed by atoms with Crippen LogP contribution in [-0.2, 0) is 0 Å². The van der Waals surface area contributed by atoms with Gasteiger partial charge in [0, 0.05) is 38.0 Å². The molecule has 0 saturated carbocycles. The summed E-state index contributed by atoms with van der Waals surface area (Å²) in [6.45, 7) is 3.24. The van der Waals surface area contributed by atoms with Gasteiger partial charge in [0.15, 0.2) is 11.6 Å². The maximum Gasteiger partial charge on any atom is 0.315 e. The number of amides is 2. The van der Waals surface area contributed by atoms with Gasteiger partial charge in [-0.25, -0.2) is 14.2 Å². The number of nitrogens with zero attached hydrogens (tertiary/aromatic N) is 2. The first-order valence-electron chi connectivity index (χ1n) is 7.63. The summed E-state index contributed by atoms with van der Waals surface area (Å²) in [6, 6.07) is 2.72. The van der Waals surface area contributed by atoms with E-state index in [4.69, 9.17) is 5.11 Å². The lowest BCUT2D eigenvalue weighted by Gasteiger charge is -2.19. The Morgan fingerprint density at radius 3 is 3.18 bits per heavy atom. The van der Waals surface area contributed by atoms with Crippen LogP contribution in [0.5, 0.6) is 0 Å². The number of hydrogen-bond donors (Lipinski definition) is 3. The molecule has 1 fully saturated rings. The van der Waals surface area contributed by atoms with Crippen molar-refractivity contribution >= 4 is 11.8 Å². The molecule has 1 aromatic rings. The van der Waals surface area contributed by atoms with Crippen LogP contribution in [0.4, 0.5) is 15.0 Å². The fraction of sp³-hybridized carbons (Fsp3) is 0.600. The first kappa shape index (κ1) is 16.5. The predicted octanol–water partition coefficient (Wildman–Crippen LogP) is 1.26. The predicted molar refractivity (Wildman–Crippen MR) is 82.3 cm³/mol. The summed E-state index contributed by atoms with van der Waals surface area (Å²) < 4.78 is 13.7. The molecule has 6 nitrogen and oxygen atoms in total. The number of carbonyl (C=O) groups excluding carboxylic acids is 1. The highest BCUT2D eigenvalue weighted by Gasteiger charge is 2.26. The lowest BCUT2D eigenvalue weighted by molar-refractivity contribution is 0.231. The van der Waals surface area contributed by atoms with Gasteiger partial charge in [0.1, 0.15) is 0 Å². The Kier molecular flexibility index (Phi) is 5.94. The van der Waals surface area contributed by atoms with Crippen molar-refractivity contribution < 1.29 is 14.3 Å². The molecule has 0 bridgehead atoms. The Morgan fingerprint density at radius 2 is 2.45 bits per heavy atom. The average molecular weight is 310 g/mol. The minimum atomic E-state index is -0.342. The molecule has 0 radical (unpaired) electrons. The normalized spacial score (nSPS) is 19.0. The first-order valence-corrected chi connectivity index (χ1v) is 7.63. The molecule has 1 aromatic heterocycles. The van der Waals surface area contributed by atoms with Crippen molar-refractivity contribution in [3.8, 4) is 0 Å². The van der Waals surface area contributed by atoms with Gasteiger partial charge in [0.25, 0.3) is 0 Å². The van der Waals surface area contributed by atoms with E-state index in [9.17, 15) is 9.18 Å². The van der Waals surface area contributed by atoms with E-state index in [1.54, 1.807) is 12.3 Å². The van der Waals surface area contributed by atoms with Gasteiger partial charge in [-0.2, -0.15) is 0 Å². The first-order chi connectivity index (χ1) is 10.6. The summed E-state index contributed by atoms with van der Waals surface area (Å²) in [5.74, 6) is -0.00579. The monoisotopic (exact) mass is 310 g/mol. The minimum Gasteiger partial charge on any atom is -0.396 e. The molecule has 0 aromatic carbocycles. The molecule has 2 unspecified atom stereocenters. The number of urea groups is 1. The Bertz CT molecular complexity index is 500. The molecule has 3 N–H and O–H groups in total. The van der Waals surface area contributed by atoms with E-state index in [0.29, 0.717) is 25.3 Å². The van der Waals surface area contributed by atoms with Gasteiger partial charge in [-0.1, -0.05) is 0 Å². The number of carbonyl (C=O) groups is 1. The van der Waals surface area contributed by atoms with Crippen LogP contribution in [0.1, 0.15) is 26.2 Å². The van der Waals surface area contributed by atoms with Crippen LogP contribution in [0.25, 0.3) is 0 Å². The molecular formula is C15H23FN4O2. The number of anilines is 1. The molecule has 1 aliphatic heterocycles. The fourth-order valence-corrected chi connectivity index (χ4v) is 2.60. The standard InChI is InChI=1S/C15H23FN4O2/c1-11(4-3-9-21)18-15(22)19-12-6-8-20(10-12)14-13(16)5-2-7-17-14/h2,5,7,11-12,21H,3-4,6,8-10H2,1H3,(H2,18,19,22). The molecule has 7 heteroatoms. The van der Waals surface area contributed by atoms with Crippen molar-refractivity contribution in [2.75, 3.05) is 24.6 Å². The number of halogens is 1. The van der Waals surface area contributed by atoms with Crippen molar-refractivity contribution in [3.05, 3.63) is 24.1 Å². The van der Waals surface area contributed by atoms with Gasteiger partial charge in [-0.3, -0.25) is 0 Å². The second kappa shape index (κ2) is 7.93. The van der Waals surface area contributed by atoms with Crippen LogP contribution >= 0.6 is 0 Å². The maximum atomic E-state index is 13.7. The zero-order valence-corrected chi connectivity index (χ0v) is 12.8. The summed E-state index contributed by atoms with van der Waals surface area (Å²) in [7, 11) is 0. The van der Waals surface area contributed by atoms with Gasteiger partial charge in [0.05, 0.1) is 0 Å². The highest BCUT2D eigenvalue weighted by Crippen LogP contribution is 2.20. The lowest BCUT2D eigenvalue weighted by atomic mass is 10.2. The van der Waals surface area contributed by atoms with Crippen LogP contribution < -0.4 is 15.5 Å². The molecule has 122 valence electrons. The highest BCUT2D eigenvalue weighted by atomic mass is 19.1. The number of rotatable bonds is 6. The number of hydrogen-bond acceptors (Lipinski definition) is 4. The van der Waals surface area contributed by atoms with Gasteiger partial charge in [-0.15, -0.1) is 0 Å². The quantitative estimate of drug-likeness (QED) is 0.739. The minimum absolute atomic E-state index is 0.0119. The third-order valence-electron chi connectivity index (χ3n) is 3.73. The molecule has 2 atom stereocenters. The highest BCUT2D eigenvalue weighted by molar-refractivity contribution is 5.74. The Balaban J connectivity index is 1.79. The Morgan fingerprint density at radius 1 is 1.64 bits per heavy atom. The van der Waals surface area contributed by atoms with Crippen molar-refractivity contribution in [1.29, 1.82) is 0 Å². The van der Waals surface area contributed by atoms with E-state index in [1.807, 2.05) is 11.8 Å². The van der Waals surface area contributed by atoms with Crippen molar-refractivity contribution in [2.45, 2.75) is 38.3 Å². The maximum absolute atomic E-state index is 13.7. The van der Waals surface area contributed by atoms with E-state index < -0.39 is 0 Å². The number of pyridine rings is 1. The van der Waals surface area contributed by atoms with Crippen molar-refractivity contribution in [3.63, 3.8) is 0 Å². The fourth-order valence-electron chi connectivity index (χ4n) is 2.60. The number of aromatic nitrogens is 1. The molecule has 22 heavy (non-hydrogen) atoms. The Labute approximate surface area is 129 Å². The van der Waals surface area contributed by atoms with Crippen LogP contribution in [0.3, 0.4) is 0 Å². The average Bonchev–Trinajstić information content (AvgIpc) is 2.93. The molecule has 2 amide bonds. The summed E-state index contributed by atoms with van der Waals surface area (Å²) in [5.41, 5.74) is 0. The third kappa shape index (κ3) is 4.56. The van der Waals surface area contributed by atoms with Gasteiger partial charge in [-0.05, 0) is 38.3 Å². The SMILES string of the molecule is CC(CCCO)NC(=O)NC1CCN(c2ncccc2F)C1. The largest absolute Gasteiger partial charge is 0.396 e. The zero-order valence-electron chi connectivity index (χ0n) is 12.8. The summed E-state index contributed by atoms with van der Waals surface area (Å²) >= 11 is 0. The van der Waals surface area contributed by atoms with Crippen molar-refractivity contribution in [1.82, 2.24) is 15.6 Å².